The smallest absolute Gasteiger partial charge is 0.126 e. The molecule has 74 heavy (non-hydrogen) atoms. The molecule has 0 spiro atoms. The van der Waals surface area contributed by atoms with Crippen LogP contribution in [0, 0.1) is 0 Å². The van der Waals surface area contributed by atoms with Gasteiger partial charge >= 0.3 is 0 Å². The molecule has 0 unspecified atom stereocenters. The molecule has 394 valence electrons. The van der Waals surface area contributed by atoms with Crippen molar-refractivity contribution in [1.82, 2.24) is 0 Å². The van der Waals surface area contributed by atoms with Gasteiger partial charge in [0, 0.05) is 58.8 Å². The van der Waals surface area contributed by atoms with E-state index in [4.69, 9.17) is 28.4 Å². The third-order valence-corrected chi connectivity index (χ3v) is 16.3. The van der Waals surface area contributed by atoms with Gasteiger partial charge in [-0.05, 0) is 124 Å². The molecule has 0 aliphatic heterocycles. The lowest BCUT2D eigenvalue weighted by Gasteiger charge is -2.34. The van der Waals surface area contributed by atoms with Crippen molar-refractivity contribution in [2.24, 2.45) is 0 Å². The molecule has 0 atom stereocenters. The summed E-state index contributed by atoms with van der Waals surface area (Å²) in [4.78, 5) is 0. The second-order valence-electron chi connectivity index (χ2n) is 26.5. The maximum atomic E-state index is 6.71. The summed E-state index contributed by atoms with van der Waals surface area (Å²) in [5, 5.41) is 0. The molecule has 0 saturated carbocycles. The Balaban J connectivity index is 1.61. The first-order valence-corrected chi connectivity index (χ1v) is 26.7. The van der Waals surface area contributed by atoms with Gasteiger partial charge in [0.1, 0.15) is 34.5 Å². The van der Waals surface area contributed by atoms with Crippen molar-refractivity contribution in [3.8, 4) is 45.6 Å². The van der Waals surface area contributed by atoms with Crippen molar-refractivity contribution in [3.63, 3.8) is 0 Å². The predicted molar refractivity (Wildman–Crippen MR) is 307 cm³/mol. The quantitative estimate of drug-likeness (QED) is 0.166. The summed E-state index contributed by atoms with van der Waals surface area (Å²) in [7, 11) is 10.9. The van der Waals surface area contributed by atoms with Gasteiger partial charge in [0.05, 0.1) is 42.7 Å². The summed E-state index contributed by atoms with van der Waals surface area (Å²) in [5.41, 5.74) is 18.8. The number of methoxy groups -OCH3 is 6. The zero-order chi connectivity index (χ0) is 54.4. The lowest BCUT2D eigenvalue weighted by Crippen LogP contribution is -2.24. The average molecular weight is 999 g/mol. The first-order chi connectivity index (χ1) is 34.4. The molecule has 8 rings (SSSR count). The molecule has 0 fully saturated rings. The highest BCUT2D eigenvalue weighted by Crippen LogP contribution is 2.50. The Bertz CT molecular complexity index is 2740. The molecule has 0 radical (unpaired) electrons. The Morgan fingerprint density at radius 1 is 0.270 bits per heavy atom. The zero-order valence-electron chi connectivity index (χ0n) is 49.2. The van der Waals surface area contributed by atoms with Crippen LogP contribution in [0.3, 0.4) is 0 Å². The van der Waals surface area contributed by atoms with E-state index in [1.807, 2.05) is 42.7 Å². The van der Waals surface area contributed by atoms with Gasteiger partial charge in [0.25, 0.3) is 0 Å². The molecule has 0 heterocycles. The fourth-order valence-corrected chi connectivity index (χ4v) is 12.0. The second kappa shape index (κ2) is 19.0. The average Bonchev–Trinajstić information content (AvgIpc) is 3.31. The van der Waals surface area contributed by atoms with Crippen LogP contribution in [0.1, 0.15) is 200 Å². The molecule has 0 amide bonds. The highest BCUT2D eigenvalue weighted by atomic mass is 16.5. The van der Waals surface area contributed by atoms with Crippen LogP contribution >= 0.6 is 0 Å². The summed E-state index contributed by atoms with van der Waals surface area (Å²) in [5.74, 6) is 5.36. The van der Waals surface area contributed by atoms with Crippen LogP contribution in [-0.2, 0) is 58.2 Å². The van der Waals surface area contributed by atoms with Crippen LogP contribution in [0.4, 0.5) is 0 Å². The van der Waals surface area contributed by atoms with E-state index in [1.165, 1.54) is 44.5 Å². The van der Waals surface area contributed by atoms with E-state index >= 15 is 0 Å². The van der Waals surface area contributed by atoms with E-state index in [2.05, 4.69) is 184 Å². The van der Waals surface area contributed by atoms with Gasteiger partial charge in [-0.25, -0.2) is 0 Å². The van der Waals surface area contributed by atoms with Crippen LogP contribution in [0.5, 0.6) is 34.5 Å². The van der Waals surface area contributed by atoms with Gasteiger partial charge < -0.3 is 28.4 Å². The largest absolute Gasteiger partial charge is 0.496 e. The molecule has 2 aliphatic carbocycles. The van der Waals surface area contributed by atoms with Crippen molar-refractivity contribution in [3.05, 3.63) is 162 Å². The predicted octanol–water partition coefficient (Wildman–Crippen LogP) is 16.2. The Hall–Kier alpha value is -5.88. The van der Waals surface area contributed by atoms with E-state index in [9.17, 15) is 0 Å². The van der Waals surface area contributed by atoms with Crippen molar-refractivity contribution in [2.75, 3.05) is 42.7 Å². The van der Waals surface area contributed by atoms with E-state index in [0.29, 0.717) is 25.7 Å². The maximum Gasteiger partial charge on any atom is 0.126 e. The van der Waals surface area contributed by atoms with Gasteiger partial charge in [-0.3, -0.25) is 0 Å². The van der Waals surface area contributed by atoms with E-state index < -0.39 is 10.8 Å². The molecule has 6 heteroatoms. The Kier molecular flexibility index (Phi) is 14.0. The lowest BCUT2D eigenvalue weighted by molar-refractivity contribution is 0.389. The molecular weight excluding hydrogens is 913 g/mol. The van der Waals surface area contributed by atoms with Gasteiger partial charge in [0.2, 0.25) is 0 Å². The van der Waals surface area contributed by atoms with Crippen molar-refractivity contribution < 1.29 is 28.4 Å². The number of ether oxygens (including phenoxy) is 6. The maximum absolute atomic E-state index is 6.71. The Morgan fingerprint density at radius 3 is 0.608 bits per heavy atom. The normalized spacial score (nSPS) is 15.2. The van der Waals surface area contributed by atoms with Gasteiger partial charge in [-0.15, -0.1) is 0 Å². The van der Waals surface area contributed by atoms with Crippen LogP contribution < -0.4 is 28.4 Å². The number of hydrogen-bond donors (Lipinski definition) is 0. The fourth-order valence-electron chi connectivity index (χ4n) is 12.0. The van der Waals surface area contributed by atoms with Crippen LogP contribution in [0.15, 0.2) is 72.8 Å². The highest BCUT2D eigenvalue weighted by Gasteiger charge is 2.36. The topological polar surface area (TPSA) is 55.4 Å². The molecular formula is C68H86O6. The summed E-state index contributed by atoms with van der Waals surface area (Å²) in [6.07, 6.45) is 2.31. The minimum atomic E-state index is -0.434. The number of rotatable bonds is 6. The molecule has 0 aromatic heterocycles. The summed E-state index contributed by atoms with van der Waals surface area (Å²) >= 11 is 0. The summed E-state index contributed by atoms with van der Waals surface area (Å²) in [6, 6.07) is 28.6. The Labute approximate surface area is 445 Å². The second-order valence-corrected chi connectivity index (χ2v) is 26.5. The van der Waals surface area contributed by atoms with Crippen LogP contribution in [0.2, 0.25) is 0 Å². The lowest BCUT2D eigenvalue weighted by atomic mass is 9.71. The van der Waals surface area contributed by atoms with Gasteiger partial charge in [-0.1, -0.05) is 159 Å². The molecule has 6 aromatic carbocycles. The SMILES string of the molecule is COc1c2cc3cc1Cc1cc(cc(C(C)(C)C)c1OC)C(C)(C)c1cc(c(OC)c(C(C)(C)C)c1)Cc1cc-3cc(c1OC)Cc1cc(cc(C(C)(C)C)c1OC)C(C)(C)c1cc(c(OC)c(C(C)(C)C)c1)C2. The fraction of sp³-hybridized carbons (Fsp3) is 0.471. The molecule has 6 nitrogen and oxygen atoms in total. The molecule has 6 aromatic rings. The van der Waals surface area contributed by atoms with Gasteiger partial charge in [-0.2, -0.15) is 0 Å². The van der Waals surface area contributed by atoms with Crippen LogP contribution in [-0.4, -0.2) is 42.7 Å². The molecule has 0 N–H and O–H groups in total. The Morgan fingerprint density at radius 2 is 0.446 bits per heavy atom. The number of fused-ring (bicyclic) bond motifs is 12. The summed E-state index contributed by atoms with van der Waals surface area (Å²) < 4.78 is 39.6. The minimum absolute atomic E-state index is 0.223. The first kappa shape index (κ1) is 54.4. The standard InChI is InChI=1S/C68H86O6/c1-63(2,3)53-35-49-31-45(59(53)71-19)27-41-23-39-24-42(57(41)69-17)28-47-33-51(37-55(61(47)73-21)65(7,8)9)68(15,16)52-34-48(62(74-22)56(38-52)66(10,11)12)30-44-26-40(39)25-43(58(44)70-18)29-46-32-50(67(49,13)14)36-54(60(46)72-20)64(4,5)6/h23-26,31-38H,27-30H2,1-22H3. The van der Waals surface area contributed by atoms with E-state index in [1.54, 1.807) is 0 Å². The zero-order valence-corrected chi connectivity index (χ0v) is 49.2. The number of hydrogen-bond acceptors (Lipinski definition) is 6. The molecule has 0 saturated heterocycles. The van der Waals surface area contributed by atoms with Crippen molar-refractivity contribution >= 4 is 0 Å². The first-order valence-electron chi connectivity index (χ1n) is 26.7. The highest BCUT2D eigenvalue weighted by molar-refractivity contribution is 5.73. The van der Waals surface area contributed by atoms with Crippen molar-refractivity contribution in [2.45, 2.75) is 169 Å². The third kappa shape index (κ3) is 9.69. The van der Waals surface area contributed by atoms with Gasteiger partial charge in [0.15, 0.2) is 0 Å². The third-order valence-electron chi connectivity index (χ3n) is 16.3. The van der Waals surface area contributed by atoms with Crippen LogP contribution in [0.25, 0.3) is 11.1 Å². The summed E-state index contributed by atoms with van der Waals surface area (Å²) in [6.45, 7) is 36.9. The number of benzene rings is 6. The van der Waals surface area contributed by atoms with E-state index in [0.717, 1.165) is 90.1 Å². The monoisotopic (exact) mass is 999 g/mol. The van der Waals surface area contributed by atoms with E-state index in [-0.39, 0.29) is 21.7 Å². The molecule has 2 aliphatic rings. The van der Waals surface area contributed by atoms with Crippen molar-refractivity contribution in [1.29, 1.82) is 0 Å². The minimum Gasteiger partial charge on any atom is -0.496 e. The molecule has 14 bridgehead atoms.